The minimum absolute atomic E-state index is 0.774. The molecular weight excluding hydrogens is 200 g/mol. The van der Waals surface area contributed by atoms with Crippen LogP contribution in [0.1, 0.15) is 19.3 Å². The molecule has 1 aromatic carbocycles. The maximum Gasteiger partial charge on any atom is 0.116 e. The van der Waals surface area contributed by atoms with Crippen LogP contribution in [0.2, 0.25) is 0 Å². The molecule has 0 atom stereocenters. The van der Waals surface area contributed by atoms with E-state index in [1.807, 2.05) is 24.5 Å². The standard InChI is InChI=1S/C12H16N4/c13-10-4-5-12-11(8-10)14-9-16(12)15-6-2-1-3-7-15/h4-5,8-9H,1-3,6-7,13H2. The highest BCUT2D eigenvalue weighted by Gasteiger charge is 2.12. The van der Waals surface area contributed by atoms with Crippen molar-refractivity contribution in [1.82, 2.24) is 9.66 Å². The van der Waals surface area contributed by atoms with Gasteiger partial charge in [0.15, 0.2) is 0 Å². The number of rotatable bonds is 1. The van der Waals surface area contributed by atoms with E-state index in [-0.39, 0.29) is 0 Å². The molecule has 16 heavy (non-hydrogen) atoms. The van der Waals surface area contributed by atoms with Crippen LogP contribution in [0, 0.1) is 0 Å². The number of hydrogen-bond donors (Lipinski definition) is 1. The van der Waals surface area contributed by atoms with Crippen molar-refractivity contribution in [1.29, 1.82) is 0 Å². The summed E-state index contributed by atoms with van der Waals surface area (Å²) in [6.07, 6.45) is 5.79. The molecule has 0 spiro atoms. The summed E-state index contributed by atoms with van der Waals surface area (Å²) in [7, 11) is 0. The zero-order valence-electron chi connectivity index (χ0n) is 9.26. The van der Waals surface area contributed by atoms with Gasteiger partial charge < -0.3 is 10.7 Å². The van der Waals surface area contributed by atoms with Crippen LogP contribution in [0.5, 0.6) is 0 Å². The van der Waals surface area contributed by atoms with Gasteiger partial charge in [-0.05, 0) is 37.5 Å². The third kappa shape index (κ3) is 1.50. The maximum absolute atomic E-state index is 5.75. The zero-order valence-corrected chi connectivity index (χ0v) is 9.26. The summed E-state index contributed by atoms with van der Waals surface area (Å²) >= 11 is 0. The summed E-state index contributed by atoms with van der Waals surface area (Å²) < 4.78 is 2.16. The van der Waals surface area contributed by atoms with Crippen molar-refractivity contribution in [2.75, 3.05) is 23.8 Å². The average Bonchev–Trinajstić information content (AvgIpc) is 2.73. The number of piperidine rings is 1. The van der Waals surface area contributed by atoms with E-state index in [0.717, 1.165) is 29.8 Å². The van der Waals surface area contributed by atoms with Gasteiger partial charge in [0.25, 0.3) is 0 Å². The Morgan fingerprint density at radius 2 is 1.94 bits per heavy atom. The molecule has 84 valence electrons. The molecule has 1 aliphatic rings. The molecule has 2 heterocycles. The largest absolute Gasteiger partial charge is 0.399 e. The molecule has 0 amide bonds. The van der Waals surface area contributed by atoms with Crippen LogP contribution >= 0.6 is 0 Å². The minimum Gasteiger partial charge on any atom is -0.399 e. The van der Waals surface area contributed by atoms with Crippen LogP contribution in [0.15, 0.2) is 24.5 Å². The Morgan fingerprint density at radius 3 is 2.75 bits per heavy atom. The third-order valence-electron chi connectivity index (χ3n) is 3.19. The fourth-order valence-corrected chi connectivity index (χ4v) is 2.33. The van der Waals surface area contributed by atoms with Gasteiger partial charge in [-0.25, -0.2) is 9.66 Å². The van der Waals surface area contributed by atoms with Gasteiger partial charge in [0, 0.05) is 18.8 Å². The number of benzene rings is 1. The van der Waals surface area contributed by atoms with E-state index in [9.17, 15) is 0 Å². The van der Waals surface area contributed by atoms with Crippen molar-refractivity contribution in [3.8, 4) is 0 Å². The van der Waals surface area contributed by atoms with Crippen LogP contribution in [-0.4, -0.2) is 22.7 Å². The zero-order chi connectivity index (χ0) is 11.0. The Bertz CT molecular complexity index is 497. The lowest BCUT2D eigenvalue weighted by atomic mass is 10.2. The first kappa shape index (κ1) is 9.51. The van der Waals surface area contributed by atoms with Gasteiger partial charge in [-0.3, -0.25) is 0 Å². The smallest absolute Gasteiger partial charge is 0.116 e. The monoisotopic (exact) mass is 216 g/mol. The fraction of sp³-hybridized carbons (Fsp3) is 0.417. The molecule has 2 N–H and O–H groups in total. The highest BCUT2D eigenvalue weighted by atomic mass is 15.6. The quantitative estimate of drug-likeness (QED) is 0.739. The van der Waals surface area contributed by atoms with E-state index in [0.29, 0.717) is 0 Å². The molecular formula is C12H16N4. The number of anilines is 1. The predicted octanol–water partition coefficient (Wildman–Crippen LogP) is 1.74. The van der Waals surface area contributed by atoms with Crippen LogP contribution in [0.25, 0.3) is 11.0 Å². The lowest BCUT2D eigenvalue weighted by Gasteiger charge is -2.29. The number of nitrogen functional groups attached to an aromatic ring is 1. The number of fused-ring (bicyclic) bond motifs is 1. The molecule has 1 saturated heterocycles. The Balaban J connectivity index is 2.03. The molecule has 3 rings (SSSR count). The van der Waals surface area contributed by atoms with Crippen LogP contribution < -0.4 is 10.7 Å². The Labute approximate surface area is 94.6 Å². The first-order valence-electron chi connectivity index (χ1n) is 5.82. The molecule has 1 aliphatic heterocycles. The Hall–Kier alpha value is -1.71. The van der Waals surface area contributed by atoms with Gasteiger partial charge in [-0.15, -0.1) is 0 Å². The van der Waals surface area contributed by atoms with E-state index < -0.39 is 0 Å². The summed E-state index contributed by atoms with van der Waals surface area (Å²) in [5.74, 6) is 0. The molecule has 0 aliphatic carbocycles. The molecule has 0 saturated carbocycles. The molecule has 0 radical (unpaired) electrons. The maximum atomic E-state index is 5.75. The molecule has 0 bridgehead atoms. The minimum atomic E-state index is 0.774. The van der Waals surface area contributed by atoms with Crippen LogP contribution in [0.3, 0.4) is 0 Å². The van der Waals surface area contributed by atoms with Crippen LogP contribution in [-0.2, 0) is 0 Å². The number of aromatic nitrogens is 2. The van der Waals surface area contributed by atoms with Crippen LogP contribution in [0.4, 0.5) is 5.69 Å². The lowest BCUT2D eigenvalue weighted by molar-refractivity contribution is 0.485. The highest BCUT2D eigenvalue weighted by Crippen LogP contribution is 2.18. The fourth-order valence-electron chi connectivity index (χ4n) is 2.33. The third-order valence-corrected chi connectivity index (χ3v) is 3.19. The van der Waals surface area contributed by atoms with E-state index in [1.165, 1.54) is 19.3 Å². The van der Waals surface area contributed by atoms with E-state index in [2.05, 4.69) is 14.7 Å². The molecule has 4 heteroatoms. The predicted molar refractivity (Wildman–Crippen MR) is 65.9 cm³/mol. The number of nitrogens with zero attached hydrogens (tertiary/aromatic N) is 3. The summed E-state index contributed by atoms with van der Waals surface area (Å²) in [6, 6.07) is 5.91. The SMILES string of the molecule is Nc1ccc2c(c1)ncn2N1CCCCC1. The average molecular weight is 216 g/mol. The second-order valence-corrected chi connectivity index (χ2v) is 4.35. The van der Waals surface area contributed by atoms with E-state index >= 15 is 0 Å². The van der Waals surface area contributed by atoms with Crippen molar-refractivity contribution in [2.45, 2.75) is 19.3 Å². The Kier molecular flexibility index (Phi) is 2.20. The summed E-state index contributed by atoms with van der Waals surface area (Å²) in [5, 5.41) is 2.36. The normalized spacial score (nSPS) is 16.9. The summed E-state index contributed by atoms with van der Waals surface area (Å²) in [6.45, 7) is 2.24. The van der Waals surface area contributed by atoms with Gasteiger partial charge in [0.1, 0.15) is 6.33 Å². The molecule has 4 nitrogen and oxygen atoms in total. The van der Waals surface area contributed by atoms with Crippen molar-refractivity contribution in [3.63, 3.8) is 0 Å². The second-order valence-electron chi connectivity index (χ2n) is 4.35. The van der Waals surface area contributed by atoms with Gasteiger partial charge in [-0.1, -0.05) is 0 Å². The second kappa shape index (κ2) is 3.70. The van der Waals surface area contributed by atoms with Gasteiger partial charge >= 0.3 is 0 Å². The highest BCUT2D eigenvalue weighted by molar-refractivity contribution is 5.79. The molecule has 1 aromatic heterocycles. The van der Waals surface area contributed by atoms with Crippen molar-refractivity contribution in [3.05, 3.63) is 24.5 Å². The lowest BCUT2D eigenvalue weighted by Crippen LogP contribution is -2.38. The summed E-state index contributed by atoms with van der Waals surface area (Å²) in [5.41, 5.74) is 8.65. The van der Waals surface area contributed by atoms with E-state index in [4.69, 9.17) is 5.73 Å². The Morgan fingerprint density at radius 1 is 1.12 bits per heavy atom. The van der Waals surface area contributed by atoms with Gasteiger partial charge in [0.05, 0.1) is 11.0 Å². The number of hydrogen-bond acceptors (Lipinski definition) is 3. The molecule has 2 aromatic rings. The first-order chi connectivity index (χ1) is 7.84. The number of imidazole rings is 1. The number of nitrogens with two attached hydrogens (primary N) is 1. The molecule has 0 unspecified atom stereocenters. The van der Waals surface area contributed by atoms with Crippen molar-refractivity contribution >= 4 is 16.7 Å². The van der Waals surface area contributed by atoms with Gasteiger partial charge in [0.2, 0.25) is 0 Å². The first-order valence-corrected chi connectivity index (χ1v) is 5.82. The van der Waals surface area contributed by atoms with Crippen molar-refractivity contribution in [2.24, 2.45) is 0 Å². The topological polar surface area (TPSA) is 47.1 Å². The van der Waals surface area contributed by atoms with Gasteiger partial charge in [-0.2, -0.15) is 0 Å². The summed E-state index contributed by atoms with van der Waals surface area (Å²) in [4.78, 5) is 4.40. The van der Waals surface area contributed by atoms with Crippen molar-refractivity contribution < 1.29 is 0 Å². The molecule has 1 fully saturated rings. The van der Waals surface area contributed by atoms with E-state index in [1.54, 1.807) is 0 Å².